The molecule has 3 rings (SSSR count). The van der Waals surface area contributed by atoms with E-state index in [-0.39, 0.29) is 12.5 Å². The van der Waals surface area contributed by atoms with Crippen LogP contribution >= 0.6 is 0 Å². The summed E-state index contributed by atoms with van der Waals surface area (Å²) in [6.45, 7) is 5.00. The van der Waals surface area contributed by atoms with Gasteiger partial charge >= 0.3 is 0 Å². The maximum absolute atomic E-state index is 12.7. The molecule has 1 aliphatic rings. The van der Waals surface area contributed by atoms with Crippen LogP contribution in [0.3, 0.4) is 0 Å². The first-order chi connectivity index (χ1) is 14.1. The number of hydrogen-bond donors (Lipinski definition) is 1. The van der Waals surface area contributed by atoms with E-state index in [0.29, 0.717) is 25.7 Å². The Kier molecular flexibility index (Phi) is 7.11. The van der Waals surface area contributed by atoms with Crippen molar-refractivity contribution in [2.45, 2.75) is 26.4 Å². The molecule has 154 valence electrons. The van der Waals surface area contributed by atoms with E-state index in [2.05, 4.69) is 28.5 Å². The number of amides is 1. The summed E-state index contributed by atoms with van der Waals surface area (Å²) in [5.74, 6) is 1.66. The minimum Gasteiger partial charge on any atom is -0.494 e. The molecular formula is C23H30N4O2. The van der Waals surface area contributed by atoms with Crippen LogP contribution in [-0.4, -0.2) is 55.5 Å². The van der Waals surface area contributed by atoms with Crippen LogP contribution < -0.4 is 10.1 Å². The highest BCUT2D eigenvalue weighted by Gasteiger charge is 2.20. The molecule has 1 heterocycles. The zero-order valence-electron chi connectivity index (χ0n) is 17.5. The van der Waals surface area contributed by atoms with Gasteiger partial charge in [0, 0.05) is 33.7 Å². The first kappa shape index (κ1) is 20.7. The van der Waals surface area contributed by atoms with Gasteiger partial charge in [0.25, 0.3) is 0 Å². The van der Waals surface area contributed by atoms with Crippen LogP contribution in [0, 0.1) is 0 Å². The molecule has 0 radical (unpaired) electrons. The van der Waals surface area contributed by atoms with Crippen LogP contribution in [0.25, 0.3) is 0 Å². The van der Waals surface area contributed by atoms with E-state index in [1.807, 2.05) is 54.1 Å². The average Bonchev–Trinajstić information content (AvgIpc) is 2.75. The van der Waals surface area contributed by atoms with Gasteiger partial charge in [0.1, 0.15) is 5.75 Å². The number of rotatable bonds is 6. The van der Waals surface area contributed by atoms with Gasteiger partial charge in [-0.3, -0.25) is 9.79 Å². The zero-order valence-corrected chi connectivity index (χ0v) is 17.5. The highest BCUT2D eigenvalue weighted by molar-refractivity contribution is 5.86. The standard InChI is InChI=1S/C23H30N4O2/c1-4-29-21-11-9-18(10-12-21)16-26(3)23(24-2)25-15-22(28)27-14-13-19-7-5-6-8-20(19)17-27/h5-12H,4,13-17H2,1-3H3,(H,24,25). The summed E-state index contributed by atoms with van der Waals surface area (Å²) in [7, 11) is 3.70. The van der Waals surface area contributed by atoms with E-state index in [9.17, 15) is 4.79 Å². The molecule has 1 N–H and O–H groups in total. The molecule has 0 aliphatic carbocycles. The molecule has 0 spiro atoms. The second-order valence-corrected chi connectivity index (χ2v) is 7.17. The number of carbonyl (C=O) groups excluding carboxylic acids is 1. The second-order valence-electron chi connectivity index (χ2n) is 7.17. The van der Waals surface area contributed by atoms with Gasteiger partial charge in [-0.1, -0.05) is 36.4 Å². The molecule has 2 aromatic carbocycles. The Morgan fingerprint density at radius 2 is 1.90 bits per heavy atom. The van der Waals surface area contributed by atoms with Crippen molar-refractivity contribution in [2.24, 2.45) is 4.99 Å². The number of guanidine groups is 1. The molecule has 0 saturated carbocycles. The quantitative estimate of drug-likeness (QED) is 0.605. The molecule has 0 aromatic heterocycles. The van der Waals surface area contributed by atoms with Gasteiger partial charge < -0.3 is 19.9 Å². The molecule has 0 bridgehead atoms. The van der Waals surface area contributed by atoms with E-state index in [1.165, 1.54) is 11.1 Å². The summed E-state index contributed by atoms with van der Waals surface area (Å²) < 4.78 is 5.49. The van der Waals surface area contributed by atoms with E-state index in [4.69, 9.17) is 4.74 Å². The third kappa shape index (κ3) is 5.50. The fourth-order valence-electron chi connectivity index (χ4n) is 3.57. The number of nitrogens with one attached hydrogen (secondary N) is 1. The first-order valence-electron chi connectivity index (χ1n) is 10.1. The lowest BCUT2D eigenvalue weighted by molar-refractivity contribution is -0.130. The minimum atomic E-state index is 0.0927. The van der Waals surface area contributed by atoms with Crippen LogP contribution in [0.4, 0.5) is 0 Å². The minimum absolute atomic E-state index is 0.0927. The molecule has 29 heavy (non-hydrogen) atoms. The van der Waals surface area contributed by atoms with Crippen molar-refractivity contribution in [3.63, 3.8) is 0 Å². The summed E-state index contributed by atoms with van der Waals surface area (Å²) in [5.41, 5.74) is 3.73. The lowest BCUT2D eigenvalue weighted by Crippen LogP contribution is -2.46. The largest absolute Gasteiger partial charge is 0.494 e. The van der Waals surface area contributed by atoms with E-state index >= 15 is 0 Å². The SMILES string of the molecule is CCOc1ccc(CN(C)C(=NC)NCC(=O)N2CCc3ccccc3C2)cc1. The zero-order chi connectivity index (χ0) is 20.6. The van der Waals surface area contributed by atoms with E-state index in [1.54, 1.807) is 7.05 Å². The molecule has 0 saturated heterocycles. The number of benzene rings is 2. The van der Waals surface area contributed by atoms with Crippen molar-refractivity contribution < 1.29 is 9.53 Å². The summed E-state index contributed by atoms with van der Waals surface area (Å²) in [6, 6.07) is 16.4. The molecule has 0 fully saturated rings. The van der Waals surface area contributed by atoms with Gasteiger partial charge in [0.15, 0.2) is 5.96 Å². The normalized spacial score (nSPS) is 13.6. The summed E-state index contributed by atoms with van der Waals surface area (Å²) >= 11 is 0. The van der Waals surface area contributed by atoms with Crippen LogP contribution in [0.15, 0.2) is 53.5 Å². The monoisotopic (exact) mass is 394 g/mol. The fourth-order valence-corrected chi connectivity index (χ4v) is 3.57. The molecule has 6 nitrogen and oxygen atoms in total. The van der Waals surface area contributed by atoms with Crippen molar-refractivity contribution in [2.75, 3.05) is 33.8 Å². The topological polar surface area (TPSA) is 57.2 Å². The molecule has 2 aromatic rings. The third-order valence-corrected chi connectivity index (χ3v) is 5.11. The van der Waals surface area contributed by atoms with E-state index in [0.717, 1.165) is 24.3 Å². The van der Waals surface area contributed by atoms with Crippen molar-refractivity contribution in [1.82, 2.24) is 15.1 Å². The summed E-state index contributed by atoms with van der Waals surface area (Å²) in [6.07, 6.45) is 0.911. The predicted molar refractivity (Wildman–Crippen MR) is 116 cm³/mol. The molecule has 1 amide bonds. The van der Waals surface area contributed by atoms with Gasteiger partial charge in [-0.2, -0.15) is 0 Å². The van der Waals surface area contributed by atoms with Crippen molar-refractivity contribution >= 4 is 11.9 Å². The van der Waals surface area contributed by atoms with Crippen LogP contribution in [0.5, 0.6) is 5.75 Å². The Morgan fingerprint density at radius 3 is 2.59 bits per heavy atom. The number of carbonyl (C=O) groups is 1. The smallest absolute Gasteiger partial charge is 0.242 e. The van der Waals surface area contributed by atoms with Gasteiger partial charge in [0.2, 0.25) is 5.91 Å². The highest BCUT2D eigenvalue weighted by atomic mass is 16.5. The van der Waals surface area contributed by atoms with Gasteiger partial charge in [-0.15, -0.1) is 0 Å². The Morgan fingerprint density at radius 1 is 1.17 bits per heavy atom. The van der Waals surface area contributed by atoms with Gasteiger partial charge in [-0.05, 0) is 42.2 Å². The fraction of sp³-hybridized carbons (Fsp3) is 0.391. The van der Waals surface area contributed by atoms with Crippen LogP contribution in [0.1, 0.15) is 23.6 Å². The van der Waals surface area contributed by atoms with Crippen molar-refractivity contribution in [1.29, 1.82) is 0 Å². The number of nitrogens with zero attached hydrogens (tertiary/aromatic N) is 3. The lowest BCUT2D eigenvalue weighted by Gasteiger charge is -2.29. The number of ether oxygens (including phenoxy) is 1. The third-order valence-electron chi connectivity index (χ3n) is 5.11. The summed E-state index contributed by atoms with van der Waals surface area (Å²) in [4.78, 5) is 20.9. The Balaban J connectivity index is 1.51. The van der Waals surface area contributed by atoms with Crippen LogP contribution in [-0.2, 0) is 24.3 Å². The molecule has 6 heteroatoms. The second kappa shape index (κ2) is 9.96. The molecule has 1 aliphatic heterocycles. The van der Waals surface area contributed by atoms with Crippen LogP contribution in [0.2, 0.25) is 0 Å². The van der Waals surface area contributed by atoms with Gasteiger partial charge in [0.05, 0.1) is 13.2 Å². The predicted octanol–water partition coefficient (Wildman–Crippen LogP) is 2.68. The van der Waals surface area contributed by atoms with Crippen molar-refractivity contribution in [3.05, 3.63) is 65.2 Å². The first-order valence-corrected chi connectivity index (χ1v) is 10.1. The highest BCUT2D eigenvalue weighted by Crippen LogP contribution is 2.18. The Bertz CT molecular complexity index is 848. The Hall–Kier alpha value is -3.02. The van der Waals surface area contributed by atoms with Crippen molar-refractivity contribution in [3.8, 4) is 5.75 Å². The average molecular weight is 395 g/mol. The maximum Gasteiger partial charge on any atom is 0.242 e. The summed E-state index contributed by atoms with van der Waals surface area (Å²) in [5, 5.41) is 3.20. The lowest BCUT2D eigenvalue weighted by atomic mass is 10.00. The molecule has 0 unspecified atom stereocenters. The van der Waals surface area contributed by atoms with Gasteiger partial charge in [-0.25, -0.2) is 0 Å². The number of fused-ring (bicyclic) bond motifs is 1. The molecular weight excluding hydrogens is 364 g/mol. The number of aliphatic imine (C=N–C) groups is 1. The maximum atomic E-state index is 12.7. The van der Waals surface area contributed by atoms with E-state index < -0.39 is 0 Å². The Labute approximate surface area is 173 Å². The molecule has 0 atom stereocenters. The number of hydrogen-bond acceptors (Lipinski definition) is 3.